The number of alkyl halides is 6. The lowest BCUT2D eigenvalue weighted by molar-refractivity contribution is -0.527. The number of hydrogen-bond acceptors (Lipinski definition) is 4. The standard InChI is InChI=1S/C32H22F6O4/c33-29(34)30(35,36)32(38,42-26-15-11-24(12-16-26)40-28-8-6-20-2-4-22(20)18-28)31(29,37)41-25-13-9-23(10-14-25)39-27-7-5-19-1-3-21(19)17-27/h5-18H,1-4H2. The molecule has 0 N–H and O–H groups in total. The first-order valence-electron chi connectivity index (χ1n) is 13.3. The number of rotatable bonds is 8. The minimum Gasteiger partial charge on any atom is -0.457 e. The van der Waals surface area contributed by atoms with Gasteiger partial charge in [-0.05, 0) is 121 Å². The number of ether oxygens (including phenoxy) is 4. The molecule has 7 rings (SSSR count). The monoisotopic (exact) mass is 584 g/mol. The molecule has 0 aromatic heterocycles. The van der Waals surface area contributed by atoms with Gasteiger partial charge in [-0.1, -0.05) is 12.1 Å². The maximum atomic E-state index is 15.6. The first-order valence-corrected chi connectivity index (χ1v) is 13.3. The molecule has 10 heteroatoms. The van der Waals surface area contributed by atoms with E-state index in [1.807, 2.05) is 24.3 Å². The molecule has 3 aliphatic rings. The molecule has 2 unspecified atom stereocenters. The van der Waals surface area contributed by atoms with Crippen LogP contribution in [0.2, 0.25) is 0 Å². The molecule has 0 heterocycles. The van der Waals surface area contributed by atoms with Gasteiger partial charge in [0.15, 0.2) is 0 Å². The topological polar surface area (TPSA) is 36.9 Å². The van der Waals surface area contributed by atoms with Gasteiger partial charge in [0.25, 0.3) is 0 Å². The summed E-state index contributed by atoms with van der Waals surface area (Å²) in [5.41, 5.74) is 4.73. The number of benzene rings is 4. The second-order valence-electron chi connectivity index (χ2n) is 10.6. The van der Waals surface area contributed by atoms with E-state index in [1.165, 1.54) is 35.4 Å². The van der Waals surface area contributed by atoms with Gasteiger partial charge in [0.1, 0.15) is 34.5 Å². The van der Waals surface area contributed by atoms with Crippen LogP contribution < -0.4 is 18.9 Å². The Kier molecular flexibility index (Phi) is 5.74. The van der Waals surface area contributed by atoms with Crippen LogP contribution in [0.3, 0.4) is 0 Å². The zero-order valence-corrected chi connectivity index (χ0v) is 21.8. The van der Waals surface area contributed by atoms with Crippen LogP contribution in [0.5, 0.6) is 34.5 Å². The Balaban J connectivity index is 1.07. The average Bonchev–Trinajstić information content (AvgIpc) is 2.93. The van der Waals surface area contributed by atoms with Gasteiger partial charge < -0.3 is 18.9 Å². The molecular formula is C32H22F6O4. The Morgan fingerprint density at radius 3 is 1.00 bits per heavy atom. The van der Waals surface area contributed by atoms with Gasteiger partial charge in [-0.15, -0.1) is 0 Å². The first kappa shape index (κ1) is 26.6. The Labute approximate surface area is 236 Å². The van der Waals surface area contributed by atoms with Gasteiger partial charge in [0.2, 0.25) is 0 Å². The smallest absolute Gasteiger partial charge is 0.395 e. The third-order valence-corrected chi connectivity index (χ3v) is 7.93. The van der Waals surface area contributed by atoms with Crippen molar-refractivity contribution >= 4 is 0 Å². The molecule has 4 aromatic rings. The van der Waals surface area contributed by atoms with Crippen molar-refractivity contribution in [3.63, 3.8) is 0 Å². The van der Waals surface area contributed by atoms with Crippen LogP contribution in [0.15, 0.2) is 84.9 Å². The van der Waals surface area contributed by atoms with E-state index in [4.69, 9.17) is 9.47 Å². The quantitative estimate of drug-likeness (QED) is 0.195. The minimum atomic E-state index is -5.55. The molecule has 0 spiro atoms. The summed E-state index contributed by atoms with van der Waals surface area (Å²) in [5.74, 6) is -20.5. The molecule has 42 heavy (non-hydrogen) atoms. The van der Waals surface area contributed by atoms with Crippen LogP contribution in [0.1, 0.15) is 22.3 Å². The molecule has 2 atom stereocenters. The zero-order chi connectivity index (χ0) is 29.3. The highest BCUT2D eigenvalue weighted by atomic mass is 19.3. The summed E-state index contributed by atoms with van der Waals surface area (Å²) in [6.07, 6.45) is 3.84. The van der Waals surface area contributed by atoms with E-state index in [2.05, 4.69) is 9.47 Å². The summed E-state index contributed by atoms with van der Waals surface area (Å²) in [6.45, 7) is 0. The van der Waals surface area contributed by atoms with Crippen LogP contribution in [-0.4, -0.2) is 23.6 Å². The molecule has 0 amide bonds. The van der Waals surface area contributed by atoms with Gasteiger partial charge in [-0.2, -0.15) is 26.3 Å². The van der Waals surface area contributed by atoms with Crippen molar-refractivity contribution in [3.8, 4) is 34.5 Å². The van der Waals surface area contributed by atoms with E-state index in [0.717, 1.165) is 61.1 Å². The molecule has 3 aliphatic carbocycles. The lowest BCUT2D eigenvalue weighted by Crippen LogP contribution is -2.89. The fourth-order valence-electron chi connectivity index (χ4n) is 5.22. The second-order valence-corrected chi connectivity index (χ2v) is 10.6. The number of hydrogen-bond donors (Lipinski definition) is 0. The fourth-order valence-corrected chi connectivity index (χ4v) is 5.22. The van der Waals surface area contributed by atoms with Gasteiger partial charge in [0, 0.05) is 0 Å². The summed E-state index contributed by atoms with van der Waals surface area (Å²) < 4.78 is 109. The average molecular weight is 585 g/mol. The minimum absolute atomic E-state index is 0.245. The highest BCUT2D eigenvalue weighted by Gasteiger charge is 3.03. The van der Waals surface area contributed by atoms with Crippen LogP contribution in [-0.2, 0) is 25.7 Å². The normalized spacial score (nSPS) is 24.1. The molecule has 216 valence electrons. The summed E-state index contributed by atoms with van der Waals surface area (Å²) in [4.78, 5) is 0. The van der Waals surface area contributed by atoms with Gasteiger partial charge in [-0.25, -0.2) is 0 Å². The Bertz CT molecular complexity index is 1550. The van der Waals surface area contributed by atoms with Crippen LogP contribution in [0, 0.1) is 0 Å². The van der Waals surface area contributed by atoms with Crippen molar-refractivity contribution in [2.45, 2.75) is 49.2 Å². The Hall–Kier alpha value is -4.34. The fraction of sp³-hybridized carbons (Fsp3) is 0.250. The van der Waals surface area contributed by atoms with Crippen LogP contribution in [0.4, 0.5) is 26.3 Å². The van der Waals surface area contributed by atoms with E-state index in [0.29, 0.717) is 11.5 Å². The number of aryl methyl sites for hydroxylation is 4. The van der Waals surface area contributed by atoms with E-state index in [-0.39, 0.29) is 11.5 Å². The summed E-state index contributed by atoms with van der Waals surface area (Å²) in [7, 11) is 0. The predicted molar refractivity (Wildman–Crippen MR) is 140 cm³/mol. The molecule has 1 saturated carbocycles. The third-order valence-electron chi connectivity index (χ3n) is 7.93. The highest BCUT2D eigenvalue weighted by molar-refractivity contribution is 5.45. The van der Waals surface area contributed by atoms with Crippen molar-refractivity contribution in [1.29, 1.82) is 0 Å². The molecular weight excluding hydrogens is 562 g/mol. The number of halogens is 6. The molecule has 4 nitrogen and oxygen atoms in total. The zero-order valence-electron chi connectivity index (χ0n) is 21.8. The number of fused-ring (bicyclic) bond motifs is 2. The van der Waals surface area contributed by atoms with E-state index < -0.39 is 35.1 Å². The summed E-state index contributed by atoms with van der Waals surface area (Å²) in [5, 5.41) is 0. The van der Waals surface area contributed by atoms with E-state index in [9.17, 15) is 17.6 Å². The lowest BCUT2D eigenvalue weighted by Gasteiger charge is -2.55. The van der Waals surface area contributed by atoms with Crippen molar-refractivity contribution in [1.82, 2.24) is 0 Å². The maximum Gasteiger partial charge on any atom is 0.395 e. The summed E-state index contributed by atoms with van der Waals surface area (Å²) in [6, 6.07) is 20.1. The molecule has 1 fully saturated rings. The molecule has 0 saturated heterocycles. The first-order chi connectivity index (χ1) is 20.0. The Morgan fingerprint density at radius 1 is 0.381 bits per heavy atom. The van der Waals surface area contributed by atoms with Crippen LogP contribution >= 0.6 is 0 Å². The van der Waals surface area contributed by atoms with Gasteiger partial charge >= 0.3 is 23.6 Å². The SMILES string of the molecule is FC1(F)C(F)(F)C(F)(Oc2ccc(Oc3ccc4c(c3)CC4)cc2)C1(F)Oc1ccc(Oc2ccc3c(c2)CC3)cc1. The molecule has 4 aromatic carbocycles. The summed E-state index contributed by atoms with van der Waals surface area (Å²) >= 11 is 0. The van der Waals surface area contributed by atoms with Crippen LogP contribution in [0.25, 0.3) is 0 Å². The molecule has 0 radical (unpaired) electrons. The molecule has 0 bridgehead atoms. The van der Waals surface area contributed by atoms with Crippen molar-refractivity contribution < 1.29 is 45.3 Å². The van der Waals surface area contributed by atoms with Crippen molar-refractivity contribution in [3.05, 3.63) is 107 Å². The lowest BCUT2D eigenvalue weighted by atomic mass is 9.76. The largest absolute Gasteiger partial charge is 0.457 e. The van der Waals surface area contributed by atoms with E-state index in [1.54, 1.807) is 12.1 Å². The predicted octanol–water partition coefficient (Wildman–Crippen LogP) is 8.54. The maximum absolute atomic E-state index is 15.6. The molecule has 0 aliphatic heterocycles. The Morgan fingerprint density at radius 2 is 0.690 bits per heavy atom. The van der Waals surface area contributed by atoms with E-state index >= 15 is 8.78 Å². The highest BCUT2D eigenvalue weighted by Crippen LogP contribution is 2.68. The van der Waals surface area contributed by atoms with Gasteiger partial charge in [0.05, 0.1) is 0 Å². The van der Waals surface area contributed by atoms with Crippen molar-refractivity contribution in [2.75, 3.05) is 0 Å². The second kappa shape index (κ2) is 9.08. The third kappa shape index (κ3) is 3.84. The van der Waals surface area contributed by atoms with Crippen molar-refractivity contribution in [2.24, 2.45) is 0 Å². The van der Waals surface area contributed by atoms with Gasteiger partial charge in [-0.3, -0.25) is 0 Å².